The smallest absolute Gasteiger partial charge is 0.174 e. The van der Waals surface area contributed by atoms with Crippen LogP contribution in [0.1, 0.15) is 34.7 Å². The number of anilines is 1. The van der Waals surface area contributed by atoms with Crippen LogP contribution in [0.15, 0.2) is 72.9 Å². The molecule has 0 bridgehead atoms. The van der Waals surface area contributed by atoms with Gasteiger partial charge in [0.25, 0.3) is 0 Å². The number of hydrogen-bond donors (Lipinski definition) is 2. The van der Waals surface area contributed by atoms with Crippen molar-refractivity contribution in [3.8, 4) is 17.2 Å². The molecule has 6 nitrogen and oxygen atoms in total. The molecule has 1 saturated heterocycles. The van der Waals surface area contributed by atoms with Crippen LogP contribution in [-0.2, 0) is 0 Å². The predicted octanol–water partition coefficient (Wildman–Crippen LogP) is 6.03. The zero-order chi connectivity index (χ0) is 24.7. The molecule has 5 rings (SSSR count). The minimum absolute atomic E-state index is 0.168. The van der Waals surface area contributed by atoms with Crippen molar-refractivity contribution in [2.24, 2.45) is 0 Å². The van der Waals surface area contributed by atoms with Gasteiger partial charge in [-0.05, 0) is 92.3 Å². The lowest BCUT2D eigenvalue weighted by molar-refractivity contribution is 0.415. The van der Waals surface area contributed by atoms with Gasteiger partial charge in [0.1, 0.15) is 11.5 Å². The van der Waals surface area contributed by atoms with Crippen molar-refractivity contribution in [3.05, 3.63) is 101 Å². The number of thiocarbonyl (C=S) groups is 1. The van der Waals surface area contributed by atoms with E-state index in [9.17, 15) is 5.11 Å². The fourth-order valence-electron chi connectivity index (χ4n) is 4.84. The maximum atomic E-state index is 9.77. The van der Waals surface area contributed by atoms with E-state index in [1.54, 1.807) is 25.4 Å². The number of nitrogens with zero attached hydrogens (tertiary/aromatic N) is 3. The molecule has 1 fully saturated rings. The van der Waals surface area contributed by atoms with E-state index < -0.39 is 0 Å². The van der Waals surface area contributed by atoms with Crippen LogP contribution in [0.4, 0.5) is 5.69 Å². The molecule has 1 aliphatic heterocycles. The summed E-state index contributed by atoms with van der Waals surface area (Å²) in [7, 11) is 1.60. The number of halogens is 1. The van der Waals surface area contributed by atoms with Gasteiger partial charge in [0, 0.05) is 29.0 Å². The zero-order valence-electron chi connectivity index (χ0n) is 19.6. The van der Waals surface area contributed by atoms with E-state index in [4.69, 9.17) is 28.6 Å². The molecule has 8 heteroatoms. The Morgan fingerprint density at radius 2 is 1.77 bits per heavy atom. The van der Waals surface area contributed by atoms with E-state index in [0.717, 1.165) is 34.0 Å². The van der Waals surface area contributed by atoms with Gasteiger partial charge < -0.3 is 24.6 Å². The molecule has 35 heavy (non-hydrogen) atoms. The first kappa shape index (κ1) is 23.2. The molecule has 4 aromatic rings. The molecule has 178 valence electrons. The molecule has 0 radical (unpaired) electrons. The number of phenolic OH excluding ortho intramolecular Hbond substituents is 1. The molecule has 2 aromatic heterocycles. The molecule has 2 atom stereocenters. The van der Waals surface area contributed by atoms with Gasteiger partial charge in [-0.15, -0.1) is 0 Å². The lowest BCUT2D eigenvalue weighted by Crippen LogP contribution is -2.29. The van der Waals surface area contributed by atoms with Gasteiger partial charge >= 0.3 is 0 Å². The van der Waals surface area contributed by atoms with Gasteiger partial charge in [-0.2, -0.15) is 0 Å². The number of ether oxygens (including phenoxy) is 1. The van der Waals surface area contributed by atoms with Crippen LogP contribution < -0.4 is 15.0 Å². The highest BCUT2D eigenvalue weighted by Crippen LogP contribution is 2.45. The number of benzene rings is 2. The molecule has 0 saturated carbocycles. The Labute approximate surface area is 214 Å². The highest BCUT2D eigenvalue weighted by Gasteiger charge is 2.42. The van der Waals surface area contributed by atoms with Crippen LogP contribution in [0.5, 0.6) is 11.5 Å². The van der Waals surface area contributed by atoms with E-state index >= 15 is 0 Å². The number of aromatic hydroxyl groups is 1. The first-order valence-corrected chi connectivity index (χ1v) is 12.0. The normalized spacial score (nSPS) is 17.5. The van der Waals surface area contributed by atoms with E-state index in [-0.39, 0.29) is 17.8 Å². The Morgan fingerprint density at radius 3 is 2.43 bits per heavy atom. The second-order valence-corrected chi connectivity index (χ2v) is 9.29. The summed E-state index contributed by atoms with van der Waals surface area (Å²) in [6.45, 7) is 4.18. The fourth-order valence-corrected chi connectivity index (χ4v) is 5.44. The van der Waals surface area contributed by atoms with Crippen LogP contribution in [0, 0.1) is 13.8 Å². The molecule has 3 heterocycles. The van der Waals surface area contributed by atoms with E-state index in [1.807, 2.05) is 48.5 Å². The summed E-state index contributed by atoms with van der Waals surface area (Å²) in [6, 6.07) is 20.7. The largest absolute Gasteiger partial charge is 0.508 e. The molecular formula is C27H25ClN4O2S. The Balaban J connectivity index is 1.67. The highest BCUT2D eigenvalue weighted by molar-refractivity contribution is 7.80. The van der Waals surface area contributed by atoms with Crippen molar-refractivity contribution < 1.29 is 9.84 Å². The lowest BCUT2D eigenvalue weighted by atomic mass is 9.96. The number of aromatic nitrogens is 2. The minimum Gasteiger partial charge on any atom is -0.508 e. The maximum absolute atomic E-state index is 9.77. The number of phenols is 1. The highest BCUT2D eigenvalue weighted by atomic mass is 35.5. The average Bonchev–Trinajstić information content (AvgIpc) is 3.35. The third-order valence-corrected chi connectivity index (χ3v) is 7.02. The van der Waals surface area contributed by atoms with Crippen molar-refractivity contribution >= 4 is 34.6 Å². The summed E-state index contributed by atoms with van der Waals surface area (Å²) >= 11 is 12.4. The molecule has 0 amide bonds. The molecule has 0 aliphatic carbocycles. The number of pyridine rings is 1. The standard InChI is InChI=1S/C27H25ClN4O2S/c1-16-14-21(17(2)31(16)18-7-10-20(33)11-8-18)26-25(23-6-4-5-13-29-23)30-27(35)32(26)19-9-12-24(34-3)22(28)15-19/h4-15,25-26,33H,1-3H3,(H,30,35)/t25-,26-/m0/s1. The molecule has 0 spiro atoms. The molecule has 1 aliphatic rings. The SMILES string of the molecule is COc1ccc(N2C(=S)N[C@@H](c3ccccn3)[C@@H]2c2cc(C)n(-c3ccc(O)cc3)c2C)cc1Cl. The van der Waals surface area contributed by atoms with Gasteiger partial charge in [-0.25, -0.2) is 0 Å². The number of methoxy groups -OCH3 is 1. The summed E-state index contributed by atoms with van der Waals surface area (Å²) in [5.74, 6) is 0.844. The number of hydrogen-bond acceptors (Lipinski definition) is 4. The second kappa shape index (κ2) is 9.24. The predicted molar refractivity (Wildman–Crippen MR) is 143 cm³/mol. The van der Waals surface area contributed by atoms with Crippen molar-refractivity contribution in [1.29, 1.82) is 0 Å². The minimum atomic E-state index is -0.168. The van der Waals surface area contributed by atoms with Crippen LogP contribution in [0.2, 0.25) is 5.02 Å². The van der Waals surface area contributed by atoms with Gasteiger partial charge in [0.2, 0.25) is 0 Å². The van der Waals surface area contributed by atoms with E-state index in [1.165, 1.54) is 0 Å². The number of rotatable bonds is 5. The molecule has 2 aromatic carbocycles. The van der Waals surface area contributed by atoms with Crippen molar-refractivity contribution in [2.45, 2.75) is 25.9 Å². The Hall–Kier alpha value is -3.55. The molecule has 2 N–H and O–H groups in total. The number of aryl methyl sites for hydroxylation is 1. The molecule has 0 unspecified atom stereocenters. The monoisotopic (exact) mass is 504 g/mol. The Bertz CT molecular complexity index is 1390. The van der Waals surface area contributed by atoms with Crippen molar-refractivity contribution in [1.82, 2.24) is 14.9 Å². The quantitative estimate of drug-likeness (QED) is 0.323. The maximum Gasteiger partial charge on any atom is 0.174 e. The summed E-state index contributed by atoms with van der Waals surface area (Å²) in [5.41, 5.74) is 6.02. The zero-order valence-corrected chi connectivity index (χ0v) is 21.1. The second-order valence-electron chi connectivity index (χ2n) is 8.49. The van der Waals surface area contributed by atoms with Gasteiger partial charge in [-0.1, -0.05) is 17.7 Å². The summed E-state index contributed by atoms with van der Waals surface area (Å²) < 4.78 is 7.54. The van der Waals surface area contributed by atoms with Crippen LogP contribution in [0.25, 0.3) is 5.69 Å². The average molecular weight is 505 g/mol. The number of nitrogens with one attached hydrogen (secondary N) is 1. The van der Waals surface area contributed by atoms with E-state index in [0.29, 0.717) is 15.9 Å². The summed E-state index contributed by atoms with van der Waals surface area (Å²) in [6.07, 6.45) is 1.80. The van der Waals surface area contributed by atoms with E-state index in [2.05, 4.69) is 39.7 Å². The first-order valence-electron chi connectivity index (χ1n) is 11.2. The Kier molecular flexibility index (Phi) is 6.13. The van der Waals surface area contributed by atoms with Crippen LogP contribution in [-0.4, -0.2) is 26.9 Å². The van der Waals surface area contributed by atoms with Gasteiger partial charge in [0.05, 0.1) is 29.9 Å². The third-order valence-electron chi connectivity index (χ3n) is 6.41. The summed E-state index contributed by atoms with van der Waals surface area (Å²) in [5, 5.41) is 14.4. The third kappa shape index (κ3) is 4.11. The van der Waals surface area contributed by atoms with Crippen molar-refractivity contribution in [2.75, 3.05) is 12.0 Å². The molecular weight excluding hydrogens is 480 g/mol. The van der Waals surface area contributed by atoms with Gasteiger partial charge in [-0.3, -0.25) is 4.98 Å². The topological polar surface area (TPSA) is 62.5 Å². The first-order chi connectivity index (χ1) is 16.9. The lowest BCUT2D eigenvalue weighted by Gasteiger charge is -2.28. The van der Waals surface area contributed by atoms with Crippen LogP contribution >= 0.6 is 23.8 Å². The van der Waals surface area contributed by atoms with Gasteiger partial charge in [0.15, 0.2) is 5.11 Å². The summed E-state index contributed by atoms with van der Waals surface area (Å²) in [4.78, 5) is 6.74. The Morgan fingerprint density at radius 1 is 1.03 bits per heavy atom. The van der Waals surface area contributed by atoms with Crippen molar-refractivity contribution in [3.63, 3.8) is 0 Å². The van der Waals surface area contributed by atoms with Crippen LogP contribution in [0.3, 0.4) is 0 Å². The fraction of sp³-hybridized carbons (Fsp3) is 0.185.